The van der Waals surface area contributed by atoms with Crippen molar-refractivity contribution in [2.75, 3.05) is 13.1 Å². The highest BCUT2D eigenvalue weighted by atomic mass is 16.2. The van der Waals surface area contributed by atoms with Gasteiger partial charge < -0.3 is 16.0 Å². The Balaban J connectivity index is 1.73. The predicted octanol–water partition coefficient (Wildman–Crippen LogP) is 2.36. The Morgan fingerprint density at radius 3 is 2.68 bits per heavy atom. The number of fused-ring (bicyclic) bond motifs is 1. The van der Waals surface area contributed by atoms with Crippen LogP contribution in [0.4, 0.5) is 0 Å². The number of carbonyl (C=O) groups excluding carboxylic acids is 2. The molecule has 0 radical (unpaired) electrons. The Hall–Kier alpha value is -2.40. The zero-order chi connectivity index (χ0) is 17.8. The molecule has 1 aliphatic rings. The van der Waals surface area contributed by atoms with Crippen molar-refractivity contribution in [2.45, 2.75) is 38.3 Å². The number of rotatable bonds is 5. The largest absolute Gasteiger partial charge is 0.346 e. The number of benzene rings is 2. The molecule has 2 aromatic rings. The summed E-state index contributed by atoms with van der Waals surface area (Å²) in [6.07, 6.45) is 2.39. The maximum atomic E-state index is 12.6. The van der Waals surface area contributed by atoms with E-state index in [0.717, 1.165) is 29.2 Å². The van der Waals surface area contributed by atoms with Crippen molar-refractivity contribution in [3.63, 3.8) is 0 Å². The number of piperidine rings is 1. The van der Waals surface area contributed by atoms with Gasteiger partial charge >= 0.3 is 0 Å². The van der Waals surface area contributed by atoms with E-state index in [1.54, 1.807) is 11.8 Å². The van der Waals surface area contributed by atoms with Gasteiger partial charge in [-0.2, -0.15) is 0 Å². The summed E-state index contributed by atoms with van der Waals surface area (Å²) >= 11 is 0. The van der Waals surface area contributed by atoms with E-state index in [1.807, 2.05) is 30.3 Å². The summed E-state index contributed by atoms with van der Waals surface area (Å²) in [4.78, 5) is 26.3. The normalized spacial score (nSPS) is 17.4. The molecule has 2 atom stereocenters. The van der Waals surface area contributed by atoms with E-state index in [2.05, 4.69) is 17.4 Å². The second kappa shape index (κ2) is 7.66. The molecule has 1 heterocycles. The van der Waals surface area contributed by atoms with E-state index in [-0.39, 0.29) is 17.9 Å². The second-order valence-corrected chi connectivity index (χ2v) is 6.62. The summed E-state index contributed by atoms with van der Waals surface area (Å²) in [5.74, 6) is -0.0947. The summed E-state index contributed by atoms with van der Waals surface area (Å²) in [5.41, 5.74) is 6.89. The molecule has 132 valence electrons. The number of carbonyl (C=O) groups is 2. The summed E-state index contributed by atoms with van der Waals surface area (Å²) in [5, 5.41) is 5.28. The summed E-state index contributed by atoms with van der Waals surface area (Å²) in [6, 6.07) is 13.5. The summed E-state index contributed by atoms with van der Waals surface area (Å²) in [7, 11) is 0. The van der Waals surface area contributed by atoms with Crippen LogP contribution in [0.15, 0.2) is 42.5 Å². The van der Waals surface area contributed by atoms with Gasteiger partial charge in [0, 0.05) is 19.5 Å². The molecule has 2 unspecified atom stereocenters. The Kier molecular flexibility index (Phi) is 5.34. The van der Waals surface area contributed by atoms with Crippen LogP contribution in [-0.2, 0) is 9.59 Å². The fourth-order valence-corrected chi connectivity index (χ4v) is 3.37. The zero-order valence-electron chi connectivity index (χ0n) is 14.6. The van der Waals surface area contributed by atoms with Gasteiger partial charge in [-0.15, -0.1) is 0 Å². The van der Waals surface area contributed by atoms with Gasteiger partial charge in [0.2, 0.25) is 11.8 Å². The standard InChI is InChI=1S/C20H25N3O2/c1-14(23-11-5-4-8-19(23)24)20(25)22-18(13-21)17-10-9-15-6-2-3-7-16(15)12-17/h2-3,6-7,9-10,12,14,18H,4-5,8,11,13,21H2,1H3,(H,22,25). The molecule has 0 bridgehead atoms. The number of likely N-dealkylation sites (tertiary alicyclic amines) is 1. The van der Waals surface area contributed by atoms with Gasteiger partial charge in [-0.3, -0.25) is 9.59 Å². The molecular formula is C20H25N3O2. The van der Waals surface area contributed by atoms with Crippen LogP contribution in [-0.4, -0.2) is 35.8 Å². The van der Waals surface area contributed by atoms with Crippen LogP contribution in [0.25, 0.3) is 10.8 Å². The number of amides is 2. The third-order valence-corrected chi connectivity index (χ3v) is 4.94. The molecule has 25 heavy (non-hydrogen) atoms. The van der Waals surface area contributed by atoms with Crippen molar-refractivity contribution in [3.05, 3.63) is 48.0 Å². The van der Waals surface area contributed by atoms with Crippen molar-refractivity contribution in [1.29, 1.82) is 0 Å². The number of nitrogens with one attached hydrogen (secondary N) is 1. The number of hydrogen-bond donors (Lipinski definition) is 2. The van der Waals surface area contributed by atoms with E-state index < -0.39 is 6.04 Å². The monoisotopic (exact) mass is 339 g/mol. The Morgan fingerprint density at radius 2 is 1.96 bits per heavy atom. The van der Waals surface area contributed by atoms with Gasteiger partial charge in [-0.1, -0.05) is 36.4 Å². The van der Waals surface area contributed by atoms with E-state index in [0.29, 0.717) is 19.5 Å². The van der Waals surface area contributed by atoms with E-state index in [9.17, 15) is 9.59 Å². The first-order valence-corrected chi connectivity index (χ1v) is 8.89. The smallest absolute Gasteiger partial charge is 0.243 e. The van der Waals surface area contributed by atoms with Crippen molar-refractivity contribution in [3.8, 4) is 0 Å². The minimum atomic E-state index is -0.470. The fourth-order valence-electron chi connectivity index (χ4n) is 3.37. The Labute approximate surface area is 148 Å². The van der Waals surface area contributed by atoms with Gasteiger partial charge in [0.1, 0.15) is 6.04 Å². The van der Waals surface area contributed by atoms with E-state index in [4.69, 9.17) is 5.73 Å². The van der Waals surface area contributed by atoms with Gasteiger partial charge in [0.25, 0.3) is 0 Å². The molecular weight excluding hydrogens is 314 g/mol. The van der Waals surface area contributed by atoms with Crippen LogP contribution in [0.2, 0.25) is 0 Å². The molecule has 1 aliphatic heterocycles. The molecule has 5 heteroatoms. The first-order valence-electron chi connectivity index (χ1n) is 8.89. The molecule has 1 fully saturated rings. The molecule has 0 spiro atoms. The Bertz CT molecular complexity index is 774. The van der Waals surface area contributed by atoms with Crippen LogP contribution in [0.1, 0.15) is 37.8 Å². The quantitative estimate of drug-likeness (QED) is 0.878. The van der Waals surface area contributed by atoms with Gasteiger partial charge in [-0.05, 0) is 42.2 Å². The molecule has 2 aromatic carbocycles. The van der Waals surface area contributed by atoms with Crippen molar-refractivity contribution < 1.29 is 9.59 Å². The minimum absolute atomic E-state index is 0.0592. The van der Waals surface area contributed by atoms with E-state index in [1.165, 1.54) is 0 Å². The molecule has 3 N–H and O–H groups in total. The van der Waals surface area contributed by atoms with E-state index >= 15 is 0 Å². The first-order chi connectivity index (χ1) is 12.1. The first kappa shape index (κ1) is 17.4. The molecule has 3 rings (SSSR count). The average Bonchev–Trinajstić information content (AvgIpc) is 2.65. The number of hydrogen-bond acceptors (Lipinski definition) is 3. The maximum Gasteiger partial charge on any atom is 0.243 e. The third kappa shape index (κ3) is 3.82. The number of nitrogens with zero attached hydrogens (tertiary/aromatic N) is 1. The number of nitrogens with two attached hydrogens (primary N) is 1. The van der Waals surface area contributed by atoms with Crippen LogP contribution in [0.5, 0.6) is 0 Å². The Morgan fingerprint density at radius 1 is 1.20 bits per heavy atom. The molecule has 0 saturated carbocycles. The summed E-state index contributed by atoms with van der Waals surface area (Å²) < 4.78 is 0. The molecule has 0 aliphatic carbocycles. The van der Waals surface area contributed by atoms with Crippen LogP contribution in [0, 0.1) is 0 Å². The van der Waals surface area contributed by atoms with Crippen LogP contribution < -0.4 is 11.1 Å². The minimum Gasteiger partial charge on any atom is -0.346 e. The second-order valence-electron chi connectivity index (χ2n) is 6.62. The highest BCUT2D eigenvalue weighted by Crippen LogP contribution is 2.21. The average molecular weight is 339 g/mol. The third-order valence-electron chi connectivity index (χ3n) is 4.94. The molecule has 5 nitrogen and oxygen atoms in total. The SMILES string of the molecule is CC(C(=O)NC(CN)c1ccc2ccccc2c1)N1CCCCC1=O. The van der Waals surface area contributed by atoms with Crippen molar-refractivity contribution in [1.82, 2.24) is 10.2 Å². The molecule has 2 amide bonds. The lowest BCUT2D eigenvalue weighted by Gasteiger charge is -2.32. The van der Waals surface area contributed by atoms with Gasteiger partial charge in [-0.25, -0.2) is 0 Å². The highest BCUT2D eigenvalue weighted by molar-refractivity contribution is 5.88. The van der Waals surface area contributed by atoms with Crippen molar-refractivity contribution in [2.24, 2.45) is 5.73 Å². The topological polar surface area (TPSA) is 75.4 Å². The summed E-state index contributed by atoms with van der Waals surface area (Å²) in [6.45, 7) is 2.74. The van der Waals surface area contributed by atoms with Crippen LogP contribution >= 0.6 is 0 Å². The molecule has 0 aromatic heterocycles. The van der Waals surface area contributed by atoms with Crippen molar-refractivity contribution >= 4 is 22.6 Å². The maximum absolute atomic E-state index is 12.6. The predicted molar refractivity (Wildman–Crippen MR) is 98.9 cm³/mol. The molecule has 1 saturated heterocycles. The van der Waals surface area contributed by atoms with Crippen LogP contribution in [0.3, 0.4) is 0 Å². The van der Waals surface area contributed by atoms with Gasteiger partial charge in [0.05, 0.1) is 6.04 Å². The fraction of sp³-hybridized carbons (Fsp3) is 0.400. The lowest BCUT2D eigenvalue weighted by atomic mass is 10.0. The highest BCUT2D eigenvalue weighted by Gasteiger charge is 2.28. The zero-order valence-corrected chi connectivity index (χ0v) is 14.6. The lowest BCUT2D eigenvalue weighted by molar-refractivity contribution is -0.142. The lowest BCUT2D eigenvalue weighted by Crippen LogP contribution is -2.51. The van der Waals surface area contributed by atoms with Gasteiger partial charge in [0.15, 0.2) is 0 Å².